The van der Waals surface area contributed by atoms with Gasteiger partial charge in [0.25, 0.3) is 5.91 Å². The molecule has 1 atom stereocenters. The quantitative estimate of drug-likeness (QED) is 0.885. The van der Waals surface area contributed by atoms with Gasteiger partial charge in [-0.2, -0.15) is 5.10 Å². The van der Waals surface area contributed by atoms with Crippen LogP contribution in [0.2, 0.25) is 0 Å². The van der Waals surface area contributed by atoms with Gasteiger partial charge in [0.1, 0.15) is 0 Å². The highest BCUT2D eigenvalue weighted by Gasteiger charge is 2.32. The maximum atomic E-state index is 12.7. The van der Waals surface area contributed by atoms with Crippen molar-refractivity contribution in [1.82, 2.24) is 14.7 Å². The second-order valence-electron chi connectivity index (χ2n) is 6.32. The number of primary sulfonamides is 1. The summed E-state index contributed by atoms with van der Waals surface area (Å²) in [4.78, 5) is 14.4. The first kappa shape index (κ1) is 17.0. The van der Waals surface area contributed by atoms with Gasteiger partial charge in [0, 0.05) is 24.8 Å². The number of carbonyl (C=O) groups excluding carboxylic acids is 1. The van der Waals surface area contributed by atoms with Crippen molar-refractivity contribution >= 4 is 15.9 Å². The number of aromatic nitrogens is 2. The molecule has 1 unspecified atom stereocenters. The first-order valence-corrected chi connectivity index (χ1v) is 9.17. The van der Waals surface area contributed by atoms with Crippen molar-refractivity contribution in [3.63, 3.8) is 0 Å². The Morgan fingerprint density at radius 1 is 1.41 bits per heavy atom. The normalized spacial score (nSPS) is 19.2. The predicted molar refractivity (Wildman–Crippen MR) is 84.1 cm³/mol. The molecule has 0 bridgehead atoms. The molecule has 2 heterocycles. The molecular formula is C14H24N4O3S. The Bertz CT molecular complexity index is 679. The summed E-state index contributed by atoms with van der Waals surface area (Å²) in [5.41, 5.74) is 2.20. The molecule has 7 nitrogen and oxygen atoms in total. The number of carbonyl (C=O) groups is 1. The molecular weight excluding hydrogens is 304 g/mol. The van der Waals surface area contributed by atoms with Crippen LogP contribution in [0.4, 0.5) is 0 Å². The minimum absolute atomic E-state index is 0.0694. The molecule has 0 spiro atoms. The van der Waals surface area contributed by atoms with Gasteiger partial charge in [-0.1, -0.05) is 0 Å². The van der Waals surface area contributed by atoms with Crippen LogP contribution in [0, 0.1) is 19.8 Å². The van der Waals surface area contributed by atoms with Crippen molar-refractivity contribution in [3.8, 4) is 0 Å². The SMILES string of the molecule is Cc1nn(C(C)C)c(C)c1C(=O)N1CCC(CS(N)(=O)=O)C1. The van der Waals surface area contributed by atoms with E-state index in [1.807, 2.05) is 32.4 Å². The van der Waals surface area contributed by atoms with Gasteiger partial charge >= 0.3 is 0 Å². The molecule has 1 aromatic heterocycles. The van der Waals surface area contributed by atoms with Crippen LogP contribution in [0.5, 0.6) is 0 Å². The summed E-state index contributed by atoms with van der Waals surface area (Å²) >= 11 is 0. The van der Waals surface area contributed by atoms with Gasteiger partial charge in [-0.15, -0.1) is 0 Å². The summed E-state index contributed by atoms with van der Waals surface area (Å²) in [6.45, 7) is 8.76. The molecule has 0 saturated carbocycles. The molecule has 8 heteroatoms. The standard InChI is InChI=1S/C14H24N4O3S/c1-9(2)18-11(4)13(10(3)16-18)14(19)17-6-5-12(7-17)8-22(15,20)21/h9,12H,5-8H2,1-4H3,(H2,15,20,21). The summed E-state index contributed by atoms with van der Waals surface area (Å²) < 4.78 is 24.2. The van der Waals surface area contributed by atoms with Crippen LogP contribution < -0.4 is 5.14 Å². The first-order chi connectivity index (χ1) is 10.1. The van der Waals surface area contributed by atoms with Crippen molar-refractivity contribution < 1.29 is 13.2 Å². The second-order valence-corrected chi connectivity index (χ2v) is 7.98. The molecule has 22 heavy (non-hydrogen) atoms. The molecule has 2 rings (SSSR count). The number of aryl methyl sites for hydroxylation is 1. The largest absolute Gasteiger partial charge is 0.338 e. The molecule has 1 aliphatic heterocycles. The Kier molecular flexibility index (Phi) is 4.62. The minimum Gasteiger partial charge on any atom is -0.338 e. The lowest BCUT2D eigenvalue weighted by molar-refractivity contribution is 0.0786. The molecule has 1 saturated heterocycles. The highest BCUT2D eigenvalue weighted by atomic mass is 32.2. The summed E-state index contributed by atoms with van der Waals surface area (Å²) in [5.74, 6) is -0.224. The van der Waals surface area contributed by atoms with E-state index in [4.69, 9.17) is 5.14 Å². The molecule has 2 N–H and O–H groups in total. The van der Waals surface area contributed by atoms with Gasteiger partial charge in [0.15, 0.2) is 0 Å². The third-order valence-corrected chi connectivity index (χ3v) is 5.01. The fourth-order valence-corrected chi connectivity index (χ4v) is 4.04. The third kappa shape index (κ3) is 3.49. The van der Waals surface area contributed by atoms with Crippen molar-refractivity contribution in [2.45, 2.75) is 40.2 Å². The third-order valence-electron chi connectivity index (χ3n) is 4.07. The number of hydrogen-bond acceptors (Lipinski definition) is 4. The Balaban J connectivity index is 2.17. The molecule has 0 aliphatic carbocycles. The zero-order chi connectivity index (χ0) is 16.7. The maximum absolute atomic E-state index is 12.7. The number of sulfonamides is 1. The second kappa shape index (κ2) is 6.00. The highest BCUT2D eigenvalue weighted by Crippen LogP contribution is 2.24. The lowest BCUT2D eigenvalue weighted by Gasteiger charge is -2.17. The molecule has 1 aromatic rings. The van der Waals surface area contributed by atoms with Gasteiger partial charge < -0.3 is 4.90 Å². The zero-order valence-corrected chi connectivity index (χ0v) is 14.4. The molecule has 0 aromatic carbocycles. The van der Waals surface area contributed by atoms with Gasteiger partial charge in [-0.05, 0) is 40.0 Å². The van der Waals surface area contributed by atoms with E-state index in [-0.39, 0.29) is 23.6 Å². The smallest absolute Gasteiger partial charge is 0.257 e. The number of rotatable bonds is 4. The van der Waals surface area contributed by atoms with Crippen LogP contribution in [0.3, 0.4) is 0 Å². The summed E-state index contributed by atoms with van der Waals surface area (Å²) in [6.07, 6.45) is 0.665. The van der Waals surface area contributed by atoms with E-state index in [1.165, 1.54) is 0 Å². The van der Waals surface area contributed by atoms with Gasteiger partial charge in [0.05, 0.1) is 17.0 Å². The first-order valence-electron chi connectivity index (χ1n) is 7.45. The van der Waals surface area contributed by atoms with Crippen molar-refractivity contribution in [1.29, 1.82) is 0 Å². The maximum Gasteiger partial charge on any atom is 0.257 e. The summed E-state index contributed by atoms with van der Waals surface area (Å²) in [5, 5.41) is 9.52. The van der Waals surface area contributed by atoms with Crippen LogP contribution in [-0.2, 0) is 10.0 Å². The summed E-state index contributed by atoms with van der Waals surface area (Å²) in [7, 11) is -3.50. The Labute approximate surface area is 131 Å². The van der Waals surface area contributed by atoms with Crippen molar-refractivity contribution in [2.75, 3.05) is 18.8 Å². The van der Waals surface area contributed by atoms with Crippen molar-refractivity contribution in [2.24, 2.45) is 11.1 Å². The highest BCUT2D eigenvalue weighted by molar-refractivity contribution is 7.89. The average Bonchev–Trinajstić information content (AvgIpc) is 2.92. The zero-order valence-electron chi connectivity index (χ0n) is 13.5. The summed E-state index contributed by atoms with van der Waals surface area (Å²) in [6, 6.07) is 0.189. The van der Waals surface area contributed by atoms with Crippen LogP contribution in [0.1, 0.15) is 48.1 Å². The lowest BCUT2D eigenvalue weighted by atomic mass is 10.1. The number of nitrogens with zero attached hydrogens (tertiary/aromatic N) is 3. The van der Waals surface area contributed by atoms with Gasteiger partial charge in [-0.25, -0.2) is 13.6 Å². The van der Waals surface area contributed by atoms with E-state index in [2.05, 4.69) is 5.10 Å². The van der Waals surface area contributed by atoms with Gasteiger partial charge in [0.2, 0.25) is 10.0 Å². The Morgan fingerprint density at radius 3 is 2.55 bits per heavy atom. The molecule has 0 radical (unpaired) electrons. The number of likely N-dealkylation sites (tertiary alicyclic amines) is 1. The van der Waals surface area contributed by atoms with E-state index >= 15 is 0 Å². The average molecular weight is 328 g/mol. The van der Waals surface area contributed by atoms with Crippen LogP contribution >= 0.6 is 0 Å². The Morgan fingerprint density at radius 2 is 2.05 bits per heavy atom. The Hall–Kier alpha value is -1.41. The molecule has 1 amide bonds. The number of hydrogen-bond donors (Lipinski definition) is 1. The monoisotopic (exact) mass is 328 g/mol. The predicted octanol–water partition coefficient (Wildman–Crippen LogP) is 0.831. The number of amides is 1. The van der Waals surface area contributed by atoms with E-state index in [9.17, 15) is 13.2 Å². The van der Waals surface area contributed by atoms with E-state index in [0.717, 1.165) is 5.69 Å². The topological polar surface area (TPSA) is 98.3 Å². The van der Waals surface area contributed by atoms with Crippen molar-refractivity contribution in [3.05, 3.63) is 17.0 Å². The fourth-order valence-electron chi connectivity index (χ4n) is 3.12. The van der Waals surface area contributed by atoms with E-state index < -0.39 is 10.0 Å². The lowest BCUT2D eigenvalue weighted by Crippen LogP contribution is -2.31. The minimum atomic E-state index is -3.50. The van der Waals surface area contributed by atoms with Crippen LogP contribution in [0.15, 0.2) is 0 Å². The van der Waals surface area contributed by atoms with Crippen LogP contribution in [-0.4, -0.2) is 47.8 Å². The molecule has 1 fully saturated rings. The molecule has 124 valence electrons. The molecule has 1 aliphatic rings. The number of nitrogens with two attached hydrogens (primary N) is 1. The van der Waals surface area contributed by atoms with E-state index in [1.54, 1.807) is 4.90 Å². The fraction of sp³-hybridized carbons (Fsp3) is 0.714. The van der Waals surface area contributed by atoms with Crippen LogP contribution in [0.25, 0.3) is 0 Å². The van der Waals surface area contributed by atoms with E-state index in [0.29, 0.717) is 30.8 Å². The van der Waals surface area contributed by atoms with Gasteiger partial charge in [-0.3, -0.25) is 9.48 Å².